The summed E-state index contributed by atoms with van der Waals surface area (Å²) < 4.78 is 5.61. The summed E-state index contributed by atoms with van der Waals surface area (Å²) in [6.45, 7) is 12.9. The molecule has 0 saturated carbocycles. The third-order valence-electron chi connectivity index (χ3n) is 2.19. The molecular weight excluding hydrogens is 174 g/mol. The molecule has 1 N–H and O–H groups in total. The zero-order valence-electron chi connectivity index (χ0n) is 9.68. The quantitative estimate of drug-likeness (QED) is 0.699. The molecule has 0 aromatic heterocycles. The van der Waals surface area contributed by atoms with E-state index in [0.29, 0.717) is 6.61 Å². The Bertz CT molecular complexity index is 251. The normalized spacial score (nSPS) is 23.9. The molecule has 0 amide bonds. The van der Waals surface area contributed by atoms with Gasteiger partial charge in [0.25, 0.3) is 0 Å². The van der Waals surface area contributed by atoms with E-state index in [2.05, 4.69) is 45.7 Å². The van der Waals surface area contributed by atoms with Crippen molar-refractivity contribution < 1.29 is 4.74 Å². The molecule has 1 heterocycles. The number of rotatable bonds is 3. The van der Waals surface area contributed by atoms with Crippen LogP contribution in [0.2, 0.25) is 0 Å². The van der Waals surface area contributed by atoms with Gasteiger partial charge in [-0.1, -0.05) is 12.7 Å². The van der Waals surface area contributed by atoms with Crippen LogP contribution in [0.5, 0.6) is 0 Å². The molecule has 2 nitrogen and oxygen atoms in total. The average Bonchev–Trinajstić information content (AvgIpc) is 1.94. The first-order valence-electron chi connectivity index (χ1n) is 5.09. The monoisotopic (exact) mass is 195 g/mol. The van der Waals surface area contributed by atoms with E-state index in [1.807, 2.05) is 0 Å². The molecular formula is C12H21NO. The lowest BCUT2D eigenvalue weighted by molar-refractivity contribution is 0.173. The summed E-state index contributed by atoms with van der Waals surface area (Å²) in [4.78, 5) is 0. The van der Waals surface area contributed by atoms with Crippen molar-refractivity contribution in [2.24, 2.45) is 0 Å². The first-order valence-corrected chi connectivity index (χ1v) is 5.09. The lowest BCUT2D eigenvalue weighted by Gasteiger charge is -2.40. The van der Waals surface area contributed by atoms with Crippen molar-refractivity contribution in [3.05, 3.63) is 24.5 Å². The van der Waals surface area contributed by atoms with Gasteiger partial charge in [0.15, 0.2) is 0 Å². The van der Waals surface area contributed by atoms with E-state index in [1.165, 1.54) is 0 Å². The van der Waals surface area contributed by atoms with Crippen molar-refractivity contribution in [3.63, 3.8) is 0 Å². The molecule has 1 aliphatic rings. The van der Waals surface area contributed by atoms with Crippen molar-refractivity contribution >= 4 is 0 Å². The molecule has 0 atom stereocenters. The van der Waals surface area contributed by atoms with Crippen molar-refractivity contribution in [1.82, 2.24) is 5.32 Å². The van der Waals surface area contributed by atoms with Gasteiger partial charge in [-0.05, 0) is 33.8 Å². The van der Waals surface area contributed by atoms with Gasteiger partial charge in [-0.25, -0.2) is 0 Å². The molecule has 0 fully saturated rings. The Labute approximate surface area is 87.0 Å². The minimum absolute atomic E-state index is 0.0122. The highest BCUT2D eigenvalue weighted by molar-refractivity contribution is 5.16. The number of ether oxygens (including phenoxy) is 1. The fourth-order valence-corrected chi connectivity index (χ4v) is 2.10. The largest absolute Gasteiger partial charge is 0.494 e. The Morgan fingerprint density at radius 1 is 1.50 bits per heavy atom. The maximum atomic E-state index is 5.61. The molecule has 0 spiro atoms. The maximum absolute atomic E-state index is 5.61. The third kappa shape index (κ3) is 3.18. The lowest BCUT2D eigenvalue weighted by Crippen LogP contribution is -2.54. The van der Waals surface area contributed by atoms with Gasteiger partial charge in [0.2, 0.25) is 0 Å². The summed E-state index contributed by atoms with van der Waals surface area (Å²) in [5.74, 6) is 1.07. The van der Waals surface area contributed by atoms with Crippen molar-refractivity contribution in [2.75, 3.05) is 6.61 Å². The molecule has 0 unspecified atom stereocenters. The molecule has 0 aliphatic carbocycles. The molecule has 1 rings (SSSR count). The molecule has 1 aliphatic heterocycles. The smallest absolute Gasteiger partial charge is 0.106 e. The highest BCUT2D eigenvalue weighted by Crippen LogP contribution is 2.27. The predicted octanol–water partition coefficient (Wildman–Crippen LogP) is 2.62. The molecule has 2 heteroatoms. The first-order chi connectivity index (χ1) is 6.35. The molecule has 0 aromatic carbocycles. The SMILES string of the molecule is C=CCOC1=CC(C)(C)NC(C)(C)C1. The minimum atomic E-state index is 0.0122. The minimum Gasteiger partial charge on any atom is -0.494 e. The molecule has 0 radical (unpaired) electrons. The summed E-state index contributed by atoms with van der Waals surface area (Å²) in [6, 6.07) is 0. The Kier molecular flexibility index (Phi) is 3.05. The molecule has 80 valence electrons. The van der Waals surface area contributed by atoms with E-state index in [0.717, 1.165) is 12.2 Å². The Morgan fingerprint density at radius 3 is 2.64 bits per heavy atom. The molecule has 14 heavy (non-hydrogen) atoms. The van der Waals surface area contributed by atoms with Crippen molar-refractivity contribution in [1.29, 1.82) is 0 Å². The van der Waals surface area contributed by atoms with E-state index in [-0.39, 0.29) is 11.1 Å². The number of nitrogens with one attached hydrogen (secondary N) is 1. The van der Waals surface area contributed by atoms with Crippen LogP contribution < -0.4 is 5.32 Å². The van der Waals surface area contributed by atoms with Crippen LogP contribution in [0.3, 0.4) is 0 Å². The van der Waals surface area contributed by atoms with Crippen LogP contribution in [0.4, 0.5) is 0 Å². The average molecular weight is 195 g/mol. The molecule has 0 aromatic rings. The van der Waals surface area contributed by atoms with Crippen LogP contribution >= 0.6 is 0 Å². The van der Waals surface area contributed by atoms with Gasteiger partial charge in [0.1, 0.15) is 6.61 Å². The fraction of sp³-hybridized carbons (Fsp3) is 0.667. The maximum Gasteiger partial charge on any atom is 0.106 e. The van der Waals surface area contributed by atoms with Crippen LogP contribution in [0.15, 0.2) is 24.5 Å². The van der Waals surface area contributed by atoms with E-state index in [4.69, 9.17) is 4.74 Å². The highest BCUT2D eigenvalue weighted by Gasteiger charge is 2.32. The lowest BCUT2D eigenvalue weighted by atomic mass is 9.87. The summed E-state index contributed by atoms with van der Waals surface area (Å²) in [7, 11) is 0. The highest BCUT2D eigenvalue weighted by atomic mass is 16.5. The van der Waals surface area contributed by atoms with Crippen LogP contribution in [-0.2, 0) is 4.74 Å². The second kappa shape index (κ2) is 3.77. The first kappa shape index (κ1) is 11.3. The third-order valence-corrected chi connectivity index (χ3v) is 2.19. The van der Waals surface area contributed by atoms with Crippen LogP contribution in [0, 0.1) is 0 Å². The van der Waals surface area contributed by atoms with Crippen LogP contribution in [0.1, 0.15) is 34.1 Å². The Hall–Kier alpha value is -0.760. The standard InChI is InChI=1S/C12H21NO/c1-6-7-14-10-8-11(2,3)13-12(4,5)9-10/h6,8,13H,1,7,9H2,2-5H3. The zero-order chi connectivity index (χ0) is 10.8. The summed E-state index contributed by atoms with van der Waals surface area (Å²) >= 11 is 0. The van der Waals surface area contributed by atoms with E-state index < -0.39 is 0 Å². The van der Waals surface area contributed by atoms with Gasteiger partial charge in [-0.3, -0.25) is 0 Å². The summed E-state index contributed by atoms with van der Waals surface area (Å²) in [5.41, 5.74) is 0.118. The summed E-state index contributed by atoms with van der Waals surface area (Å²) in [6.07, 6.45) is 4.87. The zero-order valence-corrected chi connectivity index (χ0v) is 9.68. The predicted molar refractivity (Wildman–Crippen MR) is 60.1 cm³/mol. The molecule has 0 bridgehead atoms. The van der Waals surface area contributed by atoms with E-state index >= 15 is 0 Å². The molecule has 0 saturated heterocycles. The Morgan fingerprint density at radius 2 is 2.14 bits per heavy atom. The van der Waals surface area contributed by atoms with Crippen molar-refractivity contribution in [2.45, 2.75) is 45.2 Å². The van der Waals surface area contributed by atoms with E-state index in [9.17, 15) is 0 Å². The van der Waals surface area contributed by atoms with Crippen molar-refractivity contribution in [3.8, 4) is 0 Å². The van der Waals surface area contributed by atoms with Crippen LogP contribution in [0.25, 0.3) is 0 Å². The number of hydrogen-bond acceptors (Lipinski definition) is 2. The summed E-state index contributed by atoms with van der Waals surface area (Å²) in [5, 5.41) is 3.56. The van der Waals surface area contributed by atoms with Gasteiger partial charge in [-0.2, -0.15) is 0 Å². The Balaban J connectivity index is 2.74. The second-order valence-electron chi connectivity index (χ2n) is 5.12. The van der Waals surface area contributed by atoms with Gasteiger partial charge in [-0.15, -0.1) is 0 Å². The van der Waals surface area contributed by atoms with Gasteiger partial charge in [0, 0.05) is 17.5 Å². The van der Waals surface area contributed by atoms with Gasteiger partial charge in [0.05, 0.1) is 5.76 Å². The van der Waals surface area contributed by atoms with Gasteiger partial charge >= 0.3 is 0 Å². The fourth-order valence-electron chi connectivity index (χ4n) is 2.10. The van der Waals surface area contributed by atoms with Crippen LogP contribution in [-0.4, -0.2) is 17.7 Å². The number of hydrogen-bond donors (Lipinski definition) is 1. The van der Waals surface area contributed by atoms with Gasteiger partial charge < -0.3 is 10.1 Å². The van der Waals surface area contributed by atoms with E-state index in [1.54, 1.807) is 6.08 Å². The topological polar surface area (TPSA) is 21.3 Å². The second-order valence-corrected chi connectivity index (χ2v) is 5.12.